The van der Waals surface area contributed by atoms with Crippen LogP contribution in [0.3, 0.4) is 0 Å². The summed E-state index contributed by atoms with van der Waals surface area (Å²) in [6, 6.07) is 14.5. The lowest BCUT2D eigenvalue weighted by molar-refractivity contribution is 0.112. The largest absolute Gasteiger partial charge is 0.497 e. The van der Waals surface area contributed by atoms with Gasteiger partial charge in [0, 0.05) is 16.7 Å². The molecule has 0 aliphatic heterocycles. The topological polar surface area (TPSA) is 68.5 Å². The number of aromatic nitrogens is 1. The van der Waals surface area contributed by atoms with E-state index in [1.54, 1.807) is 55.6 Å². The van der Waals surface area contributed by atoms with Gasteiger partial charge in [-0.05, 0) is 42.0 Å². The van der Waals surface area contributed by atoms with E-state index in [9.17, 15) is 14.7 Å². The monoisotopic (exact) mass is 355 g/mol. The average molecular weight is 356 g/mol. The highest BCUT2D eigenvalue weighted by atomic mass is 35.5. The van der Waals surface area contributed by atoms with Crippen molar-refractivity contribution in [3.05, 3.63) is 75.5 Å². The predicted molar refractivity (Wildman–Crippen MR) is 96.1 cm³/mol. The average Bonchev–Trinajstić information content (AvgIpc) is 2.63. The first kappa shape index (κ1) is 16.8. The van der Waals surface area contributed by atoms with Gasteiger partial charge < -0.3 is 9.84 Å². The minimum atomic E-state index is -0.462. The van der Waals surface area contributed by atoms with Gasteiger partial charge in [0.05, 0.1) is 18.4 Å². The molecule has 3 rings (SSSR count). The Hall–Kier alpha value is -3.05. The molecule has 0 amide bonds. The zero-order valence-electron chi connectivity index (χ0n) is 13.3. The first-order valence-corrected chi connectivity index (χ1v) is 7.77. The van der Waals surface area contributed by atoms with Crippen LogP contribution in [-0.4, -0.2) is 23.1 Å². The molecule has 2 aromatic carbocycles. The van der Waals surface area contributed by atoms with Crippen molar-refractivity contribution >= 4 is 17.9 Å². The molecule has 0 aliphatic rings. The Morgan fingerprint density at radius 2 is 1.72 bits per heavy atom. The molecule has 1 aromatic heterocycles. The van der Waals surface area contributed by atoms with E-state index in [-0.39, 0.29) is 5.56 Å². The molecule has 1 N–H and O–H groups in total. The van der Waals surface area contributed by atoms with Crippen molar-refractivity contribution in [2.45, 2.75) is 0 Å². The molecule has 0 fully saturated rings. The summed E-state index contributed by atoms with van der Waals surface area (Å²) in [4.78, 5) is 24.1. The van der Waals surface area contributed by atoms with E-state index in [4.69, 9.17) is 16.3 Å². The molecule has 0 saturated heterocycles. The summed E-state index contributed by atoms with van der Waals surface area (Å²) < 4.78 is 6.16. The van der Waals surface area contributed by atoms with Crippen molar-refractivity contribution in [3.8, 4) is 28.4 Å². The molecule has 1 heterocycles. The van der Waals surface area contributed by atoms with Crippen LogP contribution in [0.1, 0.15) is 10.4 Å². The molecule has 126 valence electrons. The first-order valence-electron chi connectivity index (χ1n) is 7.39. The number of methoxy groups -OCH3 is 1. The molecular weight excluding hydrogens is 342 g/mol. The maximum atomic E-state index is 12.5. The molecule has 5 nitrogen and oxygen atoms in total. The maximum absolute atomic E-state index is 12.5. The number of rotatable bonds is 4. The number of ether oxygens (including phenoxy) is 1. The number of halogens is 1. The third-order valence-corrected chi connectivity index (χ3v) is 4.09. The van der Waals surface area contributed by atoms with Gasteiger partial charge in [0.1, 0.15) is 5.75 Å². The zero-order chi connectivity index (χ0) is 18.0. The van der Waals surface area contributed by atoms with Gasteiger partial charge in [-0.1, -0.05) is 23.7 Å². The van der Waals surface area contributed by atoms with Gasteiger partial charge in [-0.25, -0.2) is 4.57 Å². The van der Waals surface area contributed by atoms with E-state index in [0.29, 0.717) is 33.9 Å². The first-order chi connectivity index (χ1) is 12.0. The number of hydrogen-bond donors (Lipinski definition) is 1. The van der Waals surface area contributed by atoms with Crippen LogP contribution >= 0.6 is 11.6 Å². The number of carbonyl (C=O) groups is 1. The van der Waals surface area contributed by atoms with Crippen molar-refractivity contribution in [2.24, 2.45) is 0 Å². The Balaban J connectivity index is 2.21. The summed E-state index contributed by atoms with van der Waals surface area (Å²) in [5, 5.41) is 11.0. The molecule has 0 radical (unpaired) electrons. The summed E-state index contributed by atoms with van der Waals surface area (Å²) in [5.41, 5.74) is 0.955. The number of aldehydes is 1. The lowest BCUT2D eigenvalue weighted by Crippen LogP contribution is -2.19. The second-order valence-electron chi connectivity index (χ2n) is 5.29. The van der Waals surface area contributed by atoms with Crippen molar-refractivity contribution in [1.29, 1.82) is 0 Å². The summed E-state index contributed by atoms with van der Waals surface area (Å²) in [5.74, 6) is 0.228. The van der Waals surface area contributed by atoms with E-state index in [1.165, 1.54) is 6.07 Å². The predicted octanol–water partition coefficient (Wildman–Crippen LogP) is 3.68. The molecule has 0 spiro atoms. The SMILES string of the molecule is COc1ccc(-c2cc(=O)n(-c3ccc(Cl)cc3)c(O)c2C=O)cc1. The highest BCUT2D eigenvalue weighted by Crippen LogP contribution is 2.30. The van der Waals surface area contributed by atoms with Crippen LogP contribution in [0.4, 0.5) is 0 Å². The van der Waals surface area contributed by atoms with Crippen LogP contribution in [0, 0.1) is 0 Å². The van der Waals surface area contributed by atoms with Crippen molar-refractivity contribution < 1.29 is 14.6 Å². The lowest BCUT2D eigenvalue weighted by Gasteiger charge is -2.14. The van der Waals surface area contributed by atoms with E-state index in [0.717, 1.165) is 4.57 Å². The smallest absolute Gasteiger partial charge is 0.258 e. The van der Waals surface area contributed by atoms with Crippen molar-refractivity contribution in [1.82, 2.24) is 4.57 Å². The second-order valence-corrected chi connectivity index (χ2v) is 5.73. The van der Waals surface area contributed by atoms with E-state index in [2.05, 4.69) is 0 Å². The molecule has 25 heavy (non-hydrogen) atoms. The summed E-state index contributed by atoms with van der Waals surface area (Å²) in [7, 11) is 1.55. The fourth-order valence-corrected chi connectivity index (χ4v) is 2.70. The van der Waals surface area contributed by atoms with Gasteiger partial charge in [0.2, 0.25) is 5.88 Å². The summed E-state index contributed by atoms with van der Waals surface area (Å²) in [6.45, 7) is 0. The number of hydrogen-bond acceptors (Lipinski definition) is 4. The normalized spacial score (nSPS) is 10.5. The number of benzene rings is 2. The molecule has 0 saturated carbocycles. The Labute approximate surface area is 148 Å². The zero-order valence-corrected chi connectivity index (χ0v) is 14.0. The summed E-state index contributed by atoms with van der Waals surface area (Å²) >= 11 is 5.85. The molecule has 0 unspecified atom stereocenters. The quantitative estimate of drug-likeness (QED) is 0.725. The van der Waals surface area contributed by atoms with Crippen molar-refractivity contribution in [3.63, 3.8) is 0 Å². The van der Waals surface area contributed by atoms with Gasteiger partial charge in [-0.3, -0.25) is 9.59 Å². The number of carbonyl (C=O) groups excluding carboxylic acids is 1. The number of pyridine rings is 1. The van der Waals surface area contributed by atoms with Gasteiger partial charge in [0.15, 0.2) is 6.29 Å². The minimum Gasteiger partial charge on any atom is -0.497 e. The Kier molecular flexibility index (Phi) is 4.59. The third-order valence-electron chi connectivity index (χ3n) is 3.83. The van der Waals surface area contributed by atoms with Gasteiger partial charge in [0.25, 0.3) is 5.56 Å². The van der Waals surface area contributed by atoms with E-state index in [1.807, 2.05) is 0 Å². The van der Waals surface area contributed by atoms with Gasteiger partial charge in [-0.2, -0.15) is 0 Å². The van der Waals surface area contributed by atoms with Gasteiger partial charge >= 0.3 is 0 Å². The molecule has 6 heteroatoms. The highest BCUT2D eigenvalue weighted by molar-refractivity contribution is 6.30. The second kappa shape index (κ2) is 6.83. The molecule has 0 bridgehead atoms. The molecule has 3 aromatic rings. The van der Waals surface area contributed by atoms with Crippen LogP contribution in [0.2, 0.25) is 5.02 Å². The van der Waals surface area contributed by atoms with Crippen LogP contribution in [-0.2, 0) is 0 Å². The molecule has 0 aliphatic carbocycles. The van der Waals surface area contributed by atoms with Crippen molar-refractivity contribution in [2.75, 3.05) is 7.11 Å². The van der Waals surface area contributed by atoms with Crippen LogP contribution < -0.4 is 10.3 Å². The Morgan fingerprint density at radius 1 is 1.08 bits per heavy atom. The Bertz CT molecular complexity index is 976. The fourth-order valence-electron chi connectivity index (χ4n) is 2.58. The lowest BCUT2D eigenvalue weighted by atomic mass is 10.0. The third kappa shape index (κ3) is 3.14. The van der Waals surface area contributed by atoms with E-state index >= 15 is 0 Å². The van der Waals surface area contributed by atoms with Crippen LogP contribution in [0.15, 0.2) is 59.4 Å². The number of aromatic hydroxyl groups is 1. The highest BCUT2D eigenvalue weighted by Gasteiger charge is 2.17. The fraction of sp³-hybridized carbons (Fsp3) is 0.0526. The van der Waals surface area contributed by atoms with Crippen LogP contribution in [0.25, 0.3) is 16.8 Å². The molecular formula is C19H14ClNO4. The number of nitrogens with zero attached hydrogens (tertiary/aromatic N) is 1. The standard InChI is InChI=1S/C19H14ClNO4/c1-25-15-8-2-12(3-9-15)16-10-18(23)21(19(24)17(16)11-22)14-6-4-13(20)5-7-14/h2-11,24H,1H3. The van der Waals surface area contributed by atoms with E-state index < -0.39 is 11.4 Å². The minimum absolute atomic E-state index is 0.0275. The van der Waals surface area contributed by atoms with Crippen LogP contribution in [0.5, 0.6) is 11.6 Å². The maximum Gasteiger partial charge on any atom is 0.258 e. The summed E-state index contributed by atoms with van der Waals surface area (Å²) in [6.07, 6.45) is 0.529. The Morgan fingerprint density at radius 3 is 2.28 bits per heavy atom. The van der Waals surface area contributed by atoms with Gasteiger partial charge in [-0.15, -0.1) is 0 Å². The molecule has 0 atom stereocenters.